The number of rotatable bonds is 8. The van der Waals surface area contributed by atoms with Gasteiger partial charge in [0.05, 0.1) is 4.90 Å². The molecule has 0 spiro atoms. The molecule has 2 rings (SSSR count). The molecule has 1 aromatic carbocycles. The predicted molar refractivity (Wildman–Crippen MR) is 96.7 cm³/mol. The first-order valence-electron chi connectivity index (χ1n) is 8.12. The van der Waals surface area contributed by atoms with Crippen molar-refractivity contribution in [3.05, 3.63) is 59.4 Å². The number of nitrogens with zero attached hydrogens (tertiary/aromatic N) is 1. The first-order valence-corrected chi connectivity index (χ1v) is 9.60. The maximum absolute atomic E-state index is 12.2. The second kappa shape index (κ2) is 8.73. The van der Waals surface area contributed by atoms with Crippen molar-refractivity contribution in [1.82, 2.24) is 15.0 Å². The molecular weight excluding hydrogens is 338 g/mol. The summed E-state index contributed by atoms with van der Waals surface area (Å²) in [7, 11) is -3.60. The van der Waals surface area contributed by atoms with Crippen LogP contribution in [0.15, 0.2) is 47.5 Å². The summed E-state index contributed by atoms with van der Waals surface area (Å²) in [4.78, 5) is 16.2. The Kier molecular flexibility index (Phi) is 6.66. The Bertz CT molecular complexity index is 821. The van der Waals surface area contributed by atoms with E-state index in [1.165, 1.54) is 0 Å². The summed E-state index contributed by atoms with van der Waals surface area (Å²) in [6, 6.07) is 10.6. The minimum absolute atomic E-state index is 0.0602. The van der Waals surface area contributed by atoms with Gasteiger partial charge >= 0.3 is 0 Å². The number of aromatic nitrogens is 1. The second-order valence-electron chi connectivity index (χ2n) is 5.81. The van der Waals surface area contributed by atoms with E-state index in [1.54, 1.807) is 24.4 Å². The molecule has 7 heteroatoms. The zero-order chi connectivity index (χ0) is 18.3. The highest BCUT2D eigenvalue weighted by Gasteiger charge is 2.14. The lowest BCUT2D eigenvalue weighted by molar-refractivity contribution is -0.120. The SMILES string of the molecule is Cc1ccc(S(=O)(=O)NCCC(=O)NCCc2ccccn2)cc1C. The van der Waals surface area contributed by atoms with Crippen molar-refractivity contribution in [1.29, 1.82) is 0 Å². The number of aryl methyl sites for hydroxylation is 2. The Labute approximate surface area is 148 Å². The van der Waals surface area contributed by atoms with Gasteiger partial charge in [0.1, 0.15) is 0 Å². The topological polar surface area (TPSA) is 88.2 Å². The minimum atomic E-state index is -3.60. The van der Waals surface area contributed by atoms with Crippen LogP contribution in [0, 0.1) is 13.8 Å². The van der Waals surface area contributed by atoms with Gasteiger partial charge in [-0.25, -0.2) is 13.1 Å². The lowest BCUT2D eigenvalue weighted by Crippen LogP contribution is -2.31. The molecule has 2 N–H and O–H groups in total. The van der Waals surface area contributed by atoms with Crippen molar-refractivity contribution < 1.29 is 13.2 Å². The number of pyridine rings is 1. The van der Waals surface area contributed by atoms with Gasteiger partial charge in [0, 0.05) is 37.8 Å². The fourth-order valence-electron chi connectivity index (χ4n) is 2.23. The van der Waals surface area contributed by atoms with Crippen LogP contribution in [0.25, 0.3) is 0 Å². The first-order chi connectivity index (χ1) is 11.9. The summed E-state index contributed by atoms with van der Waals surface area (Å²) in [6.45, 7) is 4.32. The summed E-state index contributed by atoms with van der Waals surface area (Å²) < 4.78 is 26.9. The third-order valence-corrected chi connectivity index (χ3v) is 5.32. The molecule has 0 fully saturated rings. The molecule has 0 unspecified atom stereocenters. The number of hydrogen-bond donors (Lipinski definition) is 2. The normalized spacial score (nSPS) is 11.3. The van der Waals surface area contributed by atoms with Crippen LogP contribution in [0.1, 0.15) is 23.2 Å². The number of hydrogen-bond acceptors (Lipinski definition) is 4. The summed E-state index contributed by atoms with van der Waals surface area (Å²) in [5, 5.41) is 2.76. The van der Waals surface area contributed by atoms with Crippen molar-refractivity contribution in [2.45, 2.75) is 31.6 Å². The molecule has 1 heterocycles. The van der Waals surface area contributed by atoms with Crippen molar-refractivity contribution in [2.75, 3.05) is 13.1 Å². The summed E-state index contributed by atoms with van der Waals surface area (Å²) in [5.74, 6) is -0.196. The molecule has 0 aliphatic heterocycles. The molecule has 1 aromatic heterocycles. The van der Waals surface area contributed by atoms with E-state index in [1.807, 2.05) is 32.0 Å². The van der Waals surface area contributed by atoms with Gasteiger partial charge in [-0.15, -0.1) is 0 Å². The van der Waals surface area contributed by atoms with E-state index in [0.717, 1.165) is 16.8 Å². The lowest BCUT2D eigenvalue weighted by atomic mass is 10.1. The summed E-state index contributed by atoms with van der Waals surface area (Å²) in [6.07, 6.45) is 2.44. The quantitative estimate of drug-likeness (QED) is 0.749. The Morgan fingerprint density at radius 1 is 1.08 bits per heavy atom. The maximum atomic E-state index is 12.2. The van der Waals surface area contributed by atoms with E-state index in [9.17, 15) is 13.2 Å². The average Bonchev–Trinajstić information content (AvgIpc) is 2.58. The molecule has 0 atom stereocenters. The molecule has 0 aliphatic carbocycles. The van der Waals surface area contributed by atoms with Gasteiger partial charge in [0.25, 0.3) is 0 Å². The molecule has 0 aliphatic rings. The molecular formula is C18H23N3O3S. The largest absolute Gasteiger partial charge is 0.356 e. The van der Waals surface area contributed by atoms with Crippen LogP contribution in [0.2, 0.25) is 0 Å². The molecule has 2 aromatic rings. The van der Waals surface area contributed by atoms with Gasteiger partial charge in [-0.05, 0) is 49.2 Å². The van der Waals surface area contributed by atoms with Crippen LogP contribution in [0.4, 0.5) is 0 Å². The van der Waals surface area contributed by atoms with Gasteiger partial charge in [0.15, 0.2) is 0 Å². The van der Waals surface area contributed by atoms with Crippen LogP contribution in [0.3, 0.4) is 0 Å². The van der Waals surface area contributed by atoms with Gasteiger partial charge in [-0.3, -0.25) is 9.78 Å². The van der Waals surface area contributed by atoms with E-state index in [0.29, 0.717) is 13.0 Å². The van der Waals surface area contributed by atoms with E-state index >= 15 is 0 Å². The first kappa shape index (κ1) is 19.1. The molecule has 0 saturated heterocycles. The zero-order valence-corrected chi connectivity index (χ0v) is 15.3. The third kappa shape index (κ3) is 5.95. The number of nitrogens with one attached hydrogen (secondary N) is 2. The fraction of sp³-hybridized carbons (Fsp3) is 0.333. The average molecular weight is 361 g/mol. The molecule has 25 heavy (non-hydrogen) atoms. The Balaban J connectivity index is 1.75. The third-order valence-electron chi connectivity index (χ3n) is 3.86. The van der Waals surface area contributed by atoms with Crippen LogP contribution in [-0.4, -0.2) is 32.4 Å². The van der Waals surface area contributed by atoms with Gasteiger partial charge in [-0.2, -0.15) is 0 Å². The van der Waals surface area contributed by atoms with Gasteiger partial charge < -0.3 is 5.32 Å². The fourth-order valence-corrected chi connectivity index (χ4v) is 3.34. The van der Waals surface area contributed by atoms with Crippen molar-refractivity contribution in [2.24, 2.45) is 0 Å². The van der Waals surface area contributed by atoms with Gasteiger partial charge in [0.2, 0.25) is 15.9 Å². The van der Waals surface area contributed by atoms with Gasteiger partial charge in [-0.1, -0.05) is 12.1 Å². The summed E-state index contributed by atoms with van der Waals surface area (Å²) >= 11 is 0. The van der Waals surface area contributed by atoms with Crippen LogP contribution < -0.4 is 10.0 Å². The second-order valence-corrected chi connectivity index (χ2v) is 7.58. The minimum Gasteiger partial charge on any atom is -0.356 e. The highest BCUT2D eigenvalue weighted by molar-refractivity contribution is 7.89. The Morgan fingerprint density at radius 3 is 2.56 bits per heavy atom. The highest BCUT2D eigenvalue weighted by Crippen LogP contribution is 2.14. The zero-order valence-electron chi connectivity index (χ0n) is 14.5. The Morgan fingerprint density at radius 2 is 1.88 bits per heavy atom. The van der Waals surface area contributed by atoms with E-state index < -0.39 is 10.0 Å². The van der Waals surface area contributed by atoms with Crippen molar-refractivity contribution in [3.63, 3.8) is 0 Å². The van der Waals surface area contributed by atoms with E-state index in [4.69, 9.17) is 0 Å². The van der Waals surface area contributed by atoms with Crippen molar-refractivity contribution >= 4 is 15.9 Å². The molecule has 0 radical (unpaired) electrons. The van der Waals surface area contributed by atoms with E-state index in [-0.39, 0.29) is 23.8 Å². The molecule has 6 nitrogen and oxygen atoms in total. The Hall–Kier alpha value is -2.25. The standard InChI is InChI=1S/C18H23N3O3S/c1-14-6-7-17(13-15(14)2)25(23,24)21-12-9-18(22)20-11-8-16-5-3-4-10-19-16/h3-7,10,13,21H,8-9,11-12H2,1-2H3,(H,20,22). The molecule has 1 amide bonds. The van der Waals surface area contributed by atoms with Crippen LogP contribution in [0.5, 0.6) is 0 Å². The number of benzene rings is 1. The van der Waals surface area contributed by atoms with E-state index in [2.05, 4.69) is 15.0 Å². The van der Waals surface area contributed by atoms with Crippen LogP contribution in [-0.2, 0) is 21.2 Å². The number of sulfonamides is 1. The predicted octanol–water partition coefficient (Wildman–Crippen LogP) is 1.73. The number of amides is 1. The number of carbonyl (C=O) groups excluding carboxylic acids is 1. The monoisotopic (exact) mass is 361 g/mol. The molecule has 0 saturated carbocycles. The van der Waals surface area contributed by atoms with Crippen molar-refractivity contribution in [3.8, 4) is 0 Å². The molecule has 0 bridgehead atoms. The van der Waals surface area contributed by atoms with Crippen LogP contribution >= 0.6 is 0 Å². The molecule has 134 valence electrons. The lowest BCUT2D eigenvalue weighted by Gasteiger charge is -2.09. The smallest absolute Gasteiger partial charge is 0.240 e. The number of carbonyl (C=O) groups is 1. The highest BCUT2D eigenvalue weighted by atomic mass is 32.2. The summed E-state index contributed by atoms with van der Waals surface area (Å²) in [5.41, 5.74) is 2.85. The maximum Gasteiger partial charge on any atom is 0.240 e.